The van der Waals surface area contributed by atoms with Crippen molar-refractivity contribution < 1.29 is 24.5 Å². The fourth-order valence-electron chi connectivity index (χ4n) is 4.26. The molecule has 2 aromatic carbocycles. The topological polar surface area (TPSA) is 98.7 Å². The van der Waals surface area contributed by atoms with E-state index in [0.29, 0.717) is 12.5 Å². The van der Waals surface area contributed by atoms with Gasteiger partial charge in [-0.1, -0.05) is 60.7 Å². The molecule has 0 radical (unpaired) electrons. The van der Waals surface area contributed by atoms with Gasteiger partial charge in [-0.25, -0.2) is 4.79 Å². The quantitative estimate of drug-likeness (QED) is 0.435. The smallest absolute Gasteiger partial charge is 0.333 e. The molecular formula is C23H24NO5-. The van der Waals surface area contributed by atoms with Crippen LogP contribution in [0.3, 0.4) is 0 Å². The number of esters is 1. The Morgan fingerprint density at radius 2 is 1.62 bits per heavy atom. The third-order valence-electron chi connectivity index (χ3n) is 5.59. The van der Waals surface area contributed by atoms with Crippen LogP contribution in [0, 0.1) is 0 Å². The normalized spacial score (nSPS) is 23.6. The van der Waals surface area contributed by atoms with Crippen LogP contribution in [-0.2, 0) is 19.7 Å². The number of ether oxygens (including phenoxy) is 1. The highest BCUT2D eigenvalue weighted by Gasteiger charge is 2.53. The van der Waals surface area contributed by atoms with Crippen molar-refractivity contribution in [3.8, 4) is 0 Å². The van der Waals surface area contributed by atoms with Crippen molar-refractivity contribution in [2.45, 2.75) is 36.5 Å². The van der Waals surface area contributed by atoms with Crippen LogP contribution in [-0.4, -0.2) is 35.9 Å². The molecule has 0 aliphatic heterocycles. The number of carboxylic acids is 1. The molecule has 0 bridgehead atoms. The first-order chi connectivity index (χ1) is 13.9. The van der Waals surface area contributed by atoms with Gasteiger partial charge in [-0.05, 0) is 37.1 Å². The zero-order chi connectivity index (χ0) is 20.9. The van der Waals surface area contributed by atoms with Crippen molar-refractivity contribution in [1.82, 2.24) is 5.32 Å². The van der Waals surface area contributed by atoms with Crippen molar-refractivity contribution in [2.24, 2.45) is 0 Å². The minimum Gasteiger partial charge on any atom is -0.545 e. The van der Waals surface area contributed by atoms with Crippen LogP contribution in [0.5, 0.6) is 0 Å². The summed E-state index contributed by atoms with van der Waals surface area (Å²) in [6.45, 7) is 0. The van der Waals surface area contributed by atoms with E-state index in [1.54, 1.807) is 7.05 Å². The van der Waals surface area contributed by atoms with Crippen LogP contribution in [0.25, 0.3) is 0 Å². The molecule has 29 heavy (non-hydrogen) atoms. The SMILES string of the molecule is CNC1CCC(c2ccccc2)(c2ccccc2)CC1(O)OC(=O)/C=C\C(=O)[O-]. The van der Waals surface area contributed by atoms with Crippen LogP contribution in [0.2, 0.25) is 0 Å². The predicted octanol–water partition coefficient (Wildman–Crippen LogP) is 1.28. The first kappa shape index (κ1) is 20.8. The van der Waals surface area contributed by atoms with Crippen LogP contribution >= 0.6 is 0 Å². The Hall–Kier alpha value is -2.96. The van der Waals surface area contributed by atoms with Crippen molar-refractivity contribution in [2.75, 3.05) is 7.05 Å². The summed E-state index contributed by atoms with van der Waals surface area (Å²) in [6.07, 6.45) is 2.76. The minimum atomic E-state index is -1.83. The summed E-state index contributed by atoms with van der Waals surface area (Å²) in [5, 5.41) is 25.0. The van der Waals surface area contributed by atoms with Crippen molar-refractivity contribution in [3.63, 3.8) is 0 Å². The van der Waals surface area contributed by atoms with Gasteiger partial charge in [0.15, 0.2) is 0 Å². The van der Waals surface area contributed by atoms with Gasteiger partial charge in [0.2, 0.25) is 5.79 Å². The van der Waals surface area contributed by atoms with Crippen LogP contribution < -0.4 is 10.4 Å². The second-order valence-corrected chi connectivity index (χ2v) is 7.29. The van der Waals surface area contributed by atoms with E-state index < -0.39 is 29.2 Å². The molecule has 0 spiro atoms. The first-order valence-electron chi connectivity index (χ1n) is 9.52. The molecule has 2 atom stereocenters. The lowest BCUT2D eigenvalue weighted by Gasteiger charge is -2.49. The van der Waals surface area contributed by atoms with Crippen molar-refractivity contribution in [3.05, 3.63) is 83.9 Å². The molecular weight excluding hydrogens is 370 g/mol. The highest BCUT2D eigenvalue weighted by Crippen LogP contribution is 2.48. The lowest BCUT2D eigenvalue weighted by atomic mass is 9.62. The molecule has 2 unspecified atom stereocenters. The van der Waals surface area contributed by atoms with E-state index in [2.05, 4.69) is 5.32 Å². The average Bonchev–Trinajstić information content (AvgIpc) is 2.73. The number of carbonyl (C=O) groups is 2. The van der Waals surface area contributed by atoms with E-state index >= 15 is 0 Å². The zero-order valence-corrected chi connectivity index (χ0v) is 16.2. The Kier molecular flexibility index (Phi) is 6.15. The second-order valence-electron chi connectivity index (χ2n) is 7.29. The monoisotopic (exact) mass is 394 g/mol. The molecule has 1 aliphatic carbocycles. The third-order valence-corrected chi connectivity index (χ3v) is 5.59. The second kappa shape index (κ2) is 8.59. The van der Waals surface area contributed by atoms with E-state index in [1.807, 2.05) is 60.7 Å². The highest BCUT2D eigenvalue weighted by molar-refractivity contribution is 5.90. The maximum absolute atomic E-state index is 12.2. The maximum atomic E-state index is 12.2. The van der Waals surface area contributed by atoms with Crippen molar-refractivity contribution in [1.29, 1.82) is 0 Å². The molecule has 6 heteroatoms. The fourth-order valence-corrected chi connectivity index (χ4v) is 4.26. The lowest BCUT2D eigenvalue weighted by Crippen LogP contribution is -2.59. The number of carbonyl (C=O) groups excluding carboxylic acids is 2. The summed E-state index contributed by atoms with van der Waals surface area (Å²) in [5.41, 5.74) is 1.46. The van der Waals surface area contributed by atoms with E-state index in [1.165, 1.54) is 0 Å². The first-order valence-corrected chi connectivity index (χ1v) is 9.52. The van der Waals surface area contributed by atoms with Crippen LogP contribution in [0.15, 0.2) is 72.8 Å². The van der Waals surface area contributed by atoms with Gasteiger partial charge in [-0.15, -0.1) is 0 Å². The van der Waals surface area contributed by atoms with E-state index in [4.69, 9.17) is 4.74 Å². The third kappa shape index (κ3) is 4.39. The van der Waals surface area contributed by atoms with Gasteiger partial charge >= 0.3 is 5.97 Å². The number of aliphatic carboxylic acids is 1. The molecule has 2 aromatic rings. The summed E-state index contributed by atoms with van der Waals surface area (Å²) in [4.78, 5) is 22.8. The van der Waals surface area contributed by atoms with E-state index in [-0.39, 0.29) is 6.42 Å². The number of benzene rings is 2. The van der Waals surface area contributed by atoms with Gasteiger partial charge in [-0.2, -0.15) is 0 Å². The molecule has 152 valence electrons. The summed E-state index contributed by atoms with van der Waals surface area (Å²) in [7, 11) is 1.69. The molecule has 0 saturated heterocycles. The van der Waals surface area contributed by atoms with Gasteiger partial charge in [0, 0.05) is 17.9 Å². The van der Waals surface area contributed by atoms with E-state index in [0.717, 1.165) is 23.6 Å². The highest BCUT2D eigenvalue weighted by atomic mass is 16.7. The number of hydrogen-bond acceptors (Lipinski definition) is 6. The van der Waals surface area contributed by atoms with E-state index in [9.17, 15) is 19.8 Å². The van der Waals surface area contributed by atoms with Crippen LogP contribution in [0.1, 0.15) is 30.4 Å². The Morgan fingerprint density at radius 3 is 2.10 bits per heavy atom. The largest absolute Gasteiger partial charge is 0.545 e. The summed E-state index contributed by atoms with van der Waals surface area (Å²) < 4.78 is 5.41. The molecule has 6 nitrogen and oxygen atoms in total. The number of nitrogens with one attached hydrogen (secondary N) is 1. The van der Waals surface area contributed by atoms with Crippen LogP contribution in [0.4, 0.5) is 0 Å². The minimum absolute atomic E-state index is 0.129. The standard InChI is InChI=1S/C23H25NO5/c1-24-19-14-15-22(17-8-4-2-5-9-17,18-10-6-3-7-11-18)16-23(19,28)29-21(27)13-12-20(25)26/h2-13,19,24,28H,14-16H2,1H3,(H,25,26)/p-1/b13-12-. The fraction of sp³-hybridized carbons (Fsp3) is 0.304. The van der Waals surface area contributed by atoms with Crippen molar-refractivity contribution >= 4 is 11.9 Å². The zero-order valence-electron chi connectivity index (χ0n) is 16.2. The predicted molar refractivity (Wildman–Crippen MR) is 106 cm³/mol. The van der Waals surface area contributed by atoms with Gasteiger partial charge in [-0.3, -0.25) is 0 Å². The Labute approximate surface area is 169 Å². The Balaban J connectivity index is 2.03. The summed E-state index contributed by atoms with van der Waals surface area (Å²) >= 11 is 0. The Bertz CT molecular complexity index is 841. The molecule has 0 heterocycles. The summed E-state index contributed by atoms with van der Waals surface area (Å²) in [6, 6.07) is 19.1. The number of carboxylic acid groups (broad SMARTS) is 1. The summed E-state index contributed by atoms with van der Waals surface area (Å²) in [5.74, 6) is -4.27. The van der Waals surface area contributed by atoms with Gasteiger partial charge < -0.3 is 25.1 Å². The number of likely N-dealkylation sites (N-methyl/N-ethyl adjacent to an activating group) is 1. The van der Waals surface area contributed by atoms with Gasteiger partial charge in [0.1, 0.15) is 0 Å². The molecule has 1 saturated carbocycles. The molecule has 1 fully saturated rings. The number of hydrogen-bond donors (Lipinski definition) is 2. The average molecular weight is 394 g/mol. The van der Waals surface area contributed by atoms with Gasteiger partial charge in [0.05, 0.1) is 12.0 Å². The van der Waals surface area contributed by atoms with Gasteiger partial charge in [0.25, 0.3) is 0 Å². The molecule has 2 N–H and O–H groups in total. The lowest BCUT2D eigenvalue weighted by molar-refractivity contribution is -0.297. The maximum Gasteiger partial charge on any atom is 0.333 e. The molecule has 1 aliphatic rings. The number of aliphatic hydroxyl groups is 1. The molecule has 3 rings (SSSR count). The molecule has 0 aromatic heterocycles. The molecule has 0 amide bonds. The number of rotatable bonds is 6. The Morgan fingerprint density at radius 1 is 1.07 bits per heavy atom.